The molecule has 0 saturated heterocycles. The number of para-hydroxylation sites is 1. The monoisotopic (exact) mass is 298 g/mol. The van der Waals surface area contributed by atoms with Gasteiger partial charge in [0, 0.05) is 36.9 Å². The number of rotatable bonds is 3. The molecule has 2 nitrogen and oxygen atoms in total. The van der Waals surface area contributed by atoms with E-state index in [1.165, 1.54) is 17.3 Å². The first-order valence-corrected chi connectivity index (χ1v) is 7.95. The van der Waals surface area contributed by atoms with Gasteiger partial charge in [0.1, 0.15) is 5.82 Å². The molecule has 1 unspecified atom stereocenters. The normalized spacial score (nSPS) is 18.2. The van der Waals surface area contributed by atoms with E-state index in [1.54, 1.807) is 6.07 Å². The first-order valence-electron chi connectivity index (χ1n) is 7.95. The van der Waals surface area contributed by atoms with Crippen LogP contribution in [0, 0.1) is 11.7 Å². The molecular formula is C19H23FN2. The largest absolute Gasteiger partial charge is 0.365 e. The fraction of sp³-hybridized carbons (Fsp3) is 0.368. The lowest BCUT2D eigenvalue weighted by atomic mass is 10.0. The zero-order chi connectivity index (χ0) is 15.5. The first-order chi connectivity index (χ1) is 10.6. The summed E-state index contributed by atoms with van der Waals surface area (Å²) in [6.07, 6.45) is 0. The van der Waals surface area contributed by atoms with Crippen LogP contribution < -0.4 is 10.2 Å². The van der Waals surface area contributed by atoms with Gasteiger partial charge in [-0.3, -0.25) is 0 Å². The topological polar surface area (TPSA) is 15.3 Å². The Morgan fingerprint density at radius 2 is 1.86 bits per heavy atom. The lowest BCUT2D eigenvalue weighted by molar-refractivity contribution is 0.403. The van der Waals surface area contributed by atoms with Gasteiger partial charge in [-0.05, 0) is 23.6 Å². The van der Waals surface area contributed by atoms with E-state index in [0.29, 0.717) is 18.5 Å². The third-order valence-corrected chi connectivity index (χ3v) is 4.43. The van der Waals surface area contributed by atoms with E-state index in [1.807, 2.05) is 12.1 Å². The van der Waals surface area contributed by atoms with Crippen LogP contribution in [-0.2, 0) is 13.1 Å². The minimum Gasteiger partial charge on any atom is -0.365 e. The minimum atomic E-state index is -0.127. The van der Waals surface area contributed by atoms with Gasteiger partial charge >= 0.3 is 0 Å². The van der Waals surface area contributed by atoms with Crippen molar-refractivity contribution in [2.24, 2.45) is 5.92 Å². The molecule has 2 aromatic rings. The van der Waals surface area contributed by atoms with Crippen LogP contribution in [0.5, 0.6) is 0 Å². The highest BCUT2D eigenvalue weighted by molar-refractivity contribution is 5.55. The average molecular weight is 298 g/mol. The van der Waals surface area contributed by atoms with Gasteiger partial charge < -0.3 is 10.2 Å². The Morgan fingerprint density at radius 1 is 1.14 bits per heavy atom. The Balaban J connectivity index is 1.93. The molecule has 22 heavy (non-hydrogen) atoms. The van der Waals surface area contributed by atoms with E-state index in [2.05, 4.69) is 48.3 Å². The fourth-order valence-corrected chi connectivity index (χ4v) is 3.04. The second kappa shape index (κ2) is 6.49. The molecule has 1 aliphatic heterocycles. The zero-order valence-corrected chi connectivity index (χ0v) is 13.2. The van der Waals surface area contributed by atoms with Crippen molar-refractivity contribution in [3.8, 4) is 0 Å². The Kier molecular flexibility index (Phi) is 4.44. The molecule has 0 spiro atoms. The third kappa shape index (κ3) is 3.14. The first kappa shape index (κ1) is 15.0. The molecule has 1 atom stereocenters. The maximum absolute atomic E-state index is 14.0. The van der Waals surface area contributed by atoms with Gasteiger partial charge in [0.2, 0.25) is 0 Å². The van der Waals surface area contributed by atoms with E-state index < -0.39 is 0 Å². The summed E-state index contributed by atoms with van der Waals surface area (Å²) in [5.41, 5.74) is 3.24. The summed E-state index contributed by atoms with van der Waals surface area (Å²) in [5, 5.41) is 3.63. The highest BCUT2D eigenvalue weighted by Gasteiger charge is 2.23. The van der Waals surface area contributed by atoms with Crippen molar-refractivity contribution in [2.45, 2.75) is 33.0 Å². The molecule has 0 aromatic heterocycles. The van der Waals surface area contributed by atoms with Crippen LogP contribution in [-0.4, -0.2) is 12.6 Å². The van der Waals surface area contributed by atoms with Crippen molar-refractivity contribution in [1.82, 2.24) is 5.32 Å². The number of benzene rings is 2. The van der Waals surface area contributed by atoms with Crippen LogP contribution in [0.15, 0.2) is 48.5 Å². The summed E-state index contributed by atoms with van der Waals surface area (Å²) >= 11 is 0. The number of anilines is 1. The molecule has 3 rings (SSSR count). The molecule has 0 radical (unpaired) electrons. The van der Waals surface area contributed by atoms with E-state index in [9.17, 15) is 4.39 Å². The molecule has 1 N–H and O–H groups in total. The number of nitrogens with one attached hydrogen (secondary N) is 1. The molecule has 2 aromatic carbocycles. The summed E-state index contributed by atoms with van der Waals surface area (Å²) < 4.78 is 14.0. The molecule has 0 saturated carbocycles. The van der Waals surface area contributed by atoms with Crippen molar-refractivity contribution >= 4 is 5.69 Å². The molecule has 0 bridgehead atoms. The Labute approximate surface area is 132 Å². The average Bonchev–Trinajstić information content (AvgIpc) is 2.70. The van der Waals surface area contributed by atoms with Gasteiger partial charge in [0.25, 0.3) is 0 Å². The van der Waals surface area contributed by atoms with E-state index >= 15 is 0 Å². The van der Waals surface area contributed by atoms with Crippen LogP contribution in [0.3, 0.4) is 0 Å². The number of hydrogen-bond donors (Lipinski definition) is 1. The quantitative estimate of drug-likeness (QED) is 0.922. The Bertz CT molecular complexity index is 639. The minimum absolute atomic E-state index is 0.127. The SMILES string of the molecule is CC(C)C1CN(Cc2ccccc2F)c2ccccc2CN1. The summed E-state index contributed by atoms with van der Waals surface area (Å²) in [7, 11) is 0. The zero-order valence-electron chi connectivity index (χ0n) is 13.2. The van der Waals surface area contributed by atoms with E-state index in [4.69, 9.17) is 0 Å². The van der Waals surface area contributed by atoms with Gasteiger partial charge in [-0.2, -0.15) is 0 Å². The molecule has 0 fully saturated rings. The summed E-state index contributed by atoms with van der Waals surface area (Å²) in [6, 6.07) is 15.9. The van der Waals surface area contributed by atoms with Crippen LogP contribution in [0.25, 0.3) is 0 Å². The summed E-state index contributed by atoms with van der Waals surface area (Å²) in [6.45, 7) is 6.83. The molecule has 0 amide bonds. The standard InChI is InChI=1S/C19H23FN2/c1-14(2)18-13-22(12-16-8-3-5-9-17(16)20)19-10-6-4-7-15(19)11-21-18/h3-10,14,18,21H,11-13H2,1-2H3. The number of nitrogens with zero attached hydrogens (tertiary/aromatic N) is 1. The van der Waals surface area contributed by atoms with Crippen LogP contribution >= 0.6 is 0 Å². The van der Waals surface area contributed by atoms with Crippen LogP contribution in [0.2, 0.25) is 0 Å². The Morgan fingerprint density at radius 3 is 2.64 bits per heavy atom. The molecular weight excluding hydrogens is 275 g/mol. The van der Waals surface area contributed by atoms with Crippen molar-refractivity contribution in [1.29, 1.82) is 0 Å². The maximum atomic E-state index is 14.0. The highest BCUT2D eigenvalue weighted by Crippen LogP contribution is 2.27. The van der Waals surface area contributed by atoms with Gasteiger partial charge in [-0.25, -0.2) is 4.39 Å². The number of fused-ring (bicyclic) bond motifs is 1. The number of hydrogen-bond acceptors (Lipinski definition) is 2. The van der Waals surface area contributed by atoms with Gasteiger partial charge in [-0.1, -0.05) is 50.2 Å². The smallest absolute Gasteiger partial charge is 0.128 e. The second-order valence-corrected chi connectivity index (χ2v) is 6.33. The van der Waals surface area contributed by atoms with E-state index in [0.717, 1.165) is 18.7 Å². The molecule has 3 heteroatoms. The maximum Gasteiger partial charge on any atom is 0.128 e. The predicted molar refractivity (Wildman–Crippen MR) is 89.4 cm³/mol. The molecule has 1 heterocycles. The van der Waals surface area contributed by atoms with Crippen molar-refractivity contribution in [3.05, 3.63) is 65.5 Å². The Hall–Kier alpha value is -1.87. The number of halogens is 1. The van der Waals surface area contributed by atoms with Gasteiger partial charge in [0.15, 0.2) is 0 Å². The third-order valence-electron chi connectivity index (χ3n) is 4.43. The van der Waals surface area contributed by atoms with Crippen molar-refractivity contribution in [2.75, 3.05) is 11.4 Å². The predicted octanol–water partition coefficient (Wildman–Crippen LogP) is 3.96. The molecule has 1 aliphatic rings. The van der Waals surface area contributed by atoms with Crippen LogP contribution in [0.1, 0.15) is 25.0 Å². The van der Waals surface area contributed by atoms with Crippen molar-refractivity contribution < 1.29 is 4.39 Å². The molecule has 0 aliphatic carbocycles. The van der Waals surface area contributed by atoms with E-state index in [-0.39, 0.29) is 5.82 Å². The fourth-order valence-electron chi connectivity index (χ4n) is 3.04. The highest BCUT2D eigenvalue weighted by atomic mass is 19.1. The van der Waals surface area contributed by atoms with Crippen LogP contribution in [0.4, 0.5) is 10.1 Å². The van der Waals surface area contributed by atoms with Gasteiger partial charge in [-0.15, -0.1) is 0 Å². The summed E-state index contributed by atoms with van der Waals surface area (Å²) in [5.74, 6) is 0.413. The summed E-state index contributed by atoms with van der Waals surface area (Å²) in [4.78, 5) is 2.30. The van der Waals surface area contributed by atoms with Crippen molar-refractivity contribution in [3.63, 3.8) is 0 Å². The molecule has 116 valence electrons. The lowest BCUT2D eigenvalue weighted by Crippen LogP contribution is -2.41. The van der Waals surface area contributed by atoms with Gasteiger partial charge in [0.05, 0.1) is 0 Å². The second-order valence-electron chi connectivity index (χ2n) is 6.33. The lowest BCUT2D eigenvalue weighted by Gasteiger charge is -2.29.